The topological polar surface area (TPSA) is 59.1 Å². The van der Waals surface area contributed by atoms with Gasteiger partial charge in [-0.2, -0.15) is 0 Å². The SMILES string of the molecule is CN(C)C(=O)[C@@H]1OC(C)(C)O[C@H]1C(=O)N(C)C. The van der Waals surface area contributed by atoms with Gasteiger partial charge in [0.1, 0.15) is 0 Å². The molecule has 0 N–H and O–H groups in total. The number of hydrogen-bond acceptors (Lipinski definition) is 4. The molecule has 0 aromatic rings. The average Bonchev–Trinajstić information content (AvgIpc) is 2.51. The molecule has 0 saturated carbocycles. The van der Waals surface area contributed by atoms with Crippen LogP contribution in [-0.4, -0.2) is 67.8 Å². The minimum Gasteiger partial charge on any atom is -0.346 e. The highest BCUT2D eigenvalue weighted by atomic mass is 16.8. The van der Waals surface area contributed by atoms with Gasteiger partial charge in [-0.25, -0.2) is 0 Å². The smallest absolute Gasteiger partial charge is 0.254 e. The first kappa shape index (κ1) is 13.9. The number of hydrogen-bond donors (Lipinski definition) is 0. The molecule has 0 aliphatic carbocycles. The third kappa shape index (κ3) is 2.95. The second-order valence-electron chi connectivity index (χ2n) is 4.94. The molecule has 2 amide bonds. The molecule has 0 radical (unpaired) electrons. The van der Waals surface area contributed by atoms with Gasteiger partial charge in [-0.1, -0.05) is 0 Å². The molecule has 98 valence electrons. The van der Waals surface area contributed by atoms with Crippen molar-refractivity contribution in [3.8, 4) is 0 Å². The lowest BCUT2D eigenvalue weighted by molar-refractivity contribution is -0.163. The Bertz CT molecular complexity index is 295. The lowest BCUT2D eigenvalue weighted by Crippen LogP contribution is -2.47. The maximum Gasteiger partial charge on any atom is 0.254 e. The molecule has 0 spiro atoms. The molecule has 1 saturated heterocycles. The maximum absolute atomic E-state index is 11.9. The van der Waals surface area contributed by atoms with E-state index in [-0.39, 0.29) is 11.8 Å². The van der Waals surface area contributed by atoms with E-state index in [2.05, 4.69) is 0 Å². The highest BCUT2D eigenvalue weighted by molar-refractivity contribution is 5.91. The predicted molar refractivity (Wildman–Crippen MR) is 61.2 cm³/mol. The number of carbonyl (C=O) groups is 2. The fourth-order valence-electron chi connectivity index (χ4n) is 1.63. The van der Waals surface area contributed by atoms with Crippen LogP contribution in [0.2, 0.25) is 0 Å². The average molecular weight is 244 g/mol. The predicted octanol–water partition coefficient (Wildman–Crippen LogP) is -0.317. The summed E-state index contributed by atoms with van der Waals surface area (Å²) in [7, 11) is 6.48. The van der Waals surface area contributed by atoms with Crippen LogP contribution in [0.4, 0.5) is 0 Å². The fraction of sp³-hybridized carbons (Fsp3) is 0.818. The van der Waals surface area contributed by atoms with E-state index in [9.17, 15) is 9.59 Å². The summed E-state index contributed by atoms with van der Waals surface area (Å²) in [6, 6.07) is 0. The maximum atomic E-state index is 11.9. The fourth-order valence-corrected chi connectivity index (χ4v) is 1.63. The van der Waals surface area contributed by atoms with E-state index in [1.807, 2.05) is 0 Å². The van der Waals surface area contributed by atoms with Crippen molar-refractivity contribution in [3.63, 3.8) is 0 Å². The quantitative estimate of drug-likeness (QED) is 0.668. The minimum absolute atomic E-state index is 0.268. The van der Waals surface area contributed by atoms with Gasteiger partial charge in [0.15, 0.2) is 18.0 Å². The van der Waals surface area contributed by atoms with E-state index in [0.717, 1.165) is 0 Å². The van der Waals surface area contributed by atoms with Gasteiger partial charge < -0.3 is 19.3 Å². The molecule has 1 heterocycles. The summed E-state index contributed by atoms with van der Waals surface area (Å²) in [5.41, 5.74) is 0. The number of nitrogens with zero attached hydrogens (tertiary/aromatic N) is 2. The van der Waals surface area contributed by atoms with Crippen LogP contribution in [-0.2, 0) is 19.1 Å². The second-order valence-corrected chi connectivity index (χ2v) is 4.94. The van der Waals surface area contributed by atoms with Crippen LogP contribution in [0.1, 0.15) is 13.8 Å². The van der Waals surface area contributed by atoms with Crippen molar-refractivity contribution in [1.29, 1.82) is 0 Å². The van der Waals surface area contributed by atoms with Crippen LogP contribution >= 0.6 is 0 Å². The van der Waals surface area contributed by atoms with Gasteiger partial charge in [-0.15, -0.1) is 0 Å². The van der Waals surface area contributed by atoms with E-state index in [0.29, 0.717) is 0 Å². The molecule has 1 aliphatic rings. The molecule has 2 atom stereocenters. The van der Waals surface area contributed by atoms with Crippen molar-refractivity contribution < 1.29 is 19.1 Å². The number of rotatable bonds is 2. The Balaban J connectivity index is 2.93. The largest absolute Gasteiger partial charge is 0.346 e. The Morgan fingerprint density at radius 1 is 0.882 bits per heavy atom. The number of ether oxygens (including phenoxy) is 2. The van der Waals surface area contributed by atoms with Crippen molar-refractivity contribution >= 4 is 11.8 Å². The number of amides is 2. The van der Waals surface area contributed by atoms with Gasteiger partial charge in [0.05, 0.1) is 0 Å². The van der Waals surface area contributed by atoms with E-state index in [1.165, 1.54) is 9.80 Å². The zero-order valence-corrected chi connectivity index (χ0v) is 11.2. The van der Waals surface area contributed by atoms with E-state index in [4.69, 9.17) is 9.47 Å². The van der Waals surface area contributed by atoms with E-state index in [1.54, 1.807) is 42.0 Å². The van der Waals surface area contributed by atoms with Crippen LogP contribution in [0.15, 0.2) is 0 Å². The van der Waals surface area contributed by atoms with E-state index < -0.39 is 18.0 Å². The number of carbonyl (C=O) groups excluding carboxylic acids is 2. The normalized spacial score (nSPS) is 26.7. The second kappa shape index (κ2) is 4.62. The van der Waals surface area contributed by atoms with Gasteiger partial charge >= 0.3 is 0 Å². The molecule has 0 aromatic heterocycles. The van der Waals surface area contributed by atoms with Gasteiger partial charge in [0, 0.05) is 28.2 Å². The molecule has 1 rings (SSSR count). The first-order valence-corrected chi connectivity index (χ1v) is 5.43. The van der Waals surface area contributed by atoms with Crippen molar-refractivity contribution in [3.05, 3.63) is 0 Å². The zero-order chi connectivity index (χ0) is 13.4. The lowest BCUT2D eigenvalue weighted by atomic mass is 10.1. The Morgan fingerprint density at radius 2 is 1.18 bits per heavy atom. The van der Waals surface area contributed by atoms with Gasteiger partial charge in [-0.3, -0.25) is 9.59 Å². The van der Waals surface area contributed by atoms with Crippen LogP contribution in [0.3, 0.4) is 0 Å². The Labute approximate surface area is 101 Å². The highest BCUT2D eigenvalue weighted by Crippen LogP contribution is 2.29. The van der Waals surface area contributed by atoms with E-state index >= 15 is 0 Å². The summed E-state index contributed by atoms with van der Waals surface area (Å²) >= 11 is 0. The van der Waals surface area contributed by atoms with Crippen LogP contribution < -0.4 is 0 Å². The highest BCUT2D eigenvalue weighted by Gasteiger charge is 2.49. The molecule has 17 heavy (non-hydrogen) atoms. The minimum atomic E-state index is -0.924. The number of likely N-dealkylation sites (N-methyl/N-ethyl adjacent to an activating group) is 2. The third-order valence-corrected chi connectivity index (χ3v) is 2.46. The van der Waals surface area contributed by atoms with Crippen molar-refractivity contribution in [2.24, 2.45) is 0 Å². The van der Waals surface area contributed by atoms with Gasteiger partial charge in [-0.05, 0) is 13.8 Å². The van der Waals surface area contributed by atoms with Gasteiger partial charge in [0.25, 0.3) is 11.8 Å². The molecule has 0 unspecified atom stereocenters. The van der Waals surface area contributed by atoms with Crippen LogP contribution in [0.5, 0.6) is 0 Å². The standard InChI is InChI=1S/C11H20N2O4/c1-11(2)16-7(9(14)12(3)4)8(17-11)10(15)13(5)6/h7-8H,1-6H3/t7-,8-/m1/s1. The summed E-state index contributed by atoms with van der Waals surface area (Å²) in [4.78, 5) is 26.6. The summed E-state index contributed by atoms with van der Waals surface area (Å²) in [6.45, 7) is 3.37. The molecular weight excluding hydrogens is 224 g/mol. The monoisotopic (exact) mass is 244 g/mol. The van der Waals surface area contributed by atoms with Crippen molar-refractivity contribution in [2.45, 2.75) is 31.8 Å². The molecule has 6 nitrogen and oxygen atoms in total. The molecule has 1 aliphatic heterocycles. The summed E-state index contributed by atoms with van der Waals surface area (Å²) in [5, 5.41) is 0. The van der Waals surface area contributed by atoms with Gasteiger partial charge in [0.2, 0.25) is 0 Å². The molecule has 1 fully saturated rings. The Kier molecular flexibility index (Phi) is 3.78. The summed E-state index contributed by atoms with van der Waals surface area (Å²) in [5.74, 6) is -1.46. The lowest BCUT2D eigenvalue weighted by Gasteiger charge is -2.21. The van der Waals surface area contributed by atoms with Crippen molar-refractivity contribution in [1.82, 2.24) is 9.80 Å². The molecular formula is C11H20N2O4. The zero-order valence-electron chi connectivity index (χ0n) is 11.2. The third-order valence-electron chi connectivity index (χ3n) is 2.46. The van der Waals surface area contributed by atoms with Crippen LogP contribution in [0.25, 0.3) is 0 Å². The Morgan fingerprint density at radius 3 is 1.41 bits per heavy atom. The molecule has 0 aromatic carbocycles. The van der Waals surface area contributed by atoms with Crippen molar-refractivity contribution in [2.75, 3.05) is 28.2 Å². The Hall–Kier alpha value is -1.14. The van der Waals surface area contributed by atoms with Crippen LogP contribution in [0, 0.1) is 0 Å². The summed E-state index contributed by atoms with van der Waals surface area (Å²) < 4.78 is 11.0. The summed E-state index contributed by atoms with van der Waals surface area (Å²) in [6.07, 6.45) is -1.76. The first-order valence-electron chi connectivity index (χ1n) is 5.43. The molecule has 0 bridgehead atoms. The first-order chi connectivity index (χ1) is 7.65. The molecule has 6 heteroatoms.